The summed E-state index contributed by atoms with van der Waals surface area (Å²) in [7, 11) is -3.82. The molecule has 0 bridgehead atoms. The van der Waals surface area contributed by atoms with Crippen molar-refractivity contribution in [3.8, 4) is 0 Å². The second-order valence-corrected chi connectivity index (χ2v) is 9.21. The number of carbonyl (C=O) groups excluding carboxylic acids is 1. The van der Waals surface area contributed by atoms with E-state index in [2.05, 4.69) is 20.2 Å². The van der Waals surface area contributed by atoms with Crippen LogP contribution in [0.4, 0.5) is 10.8 Å². The summed E-state index contributed by atoms with van der Waals surface area (Å²) in [6.07, 6.45) is 1.86. The smallest absolute Gasteiger partial charge is 0.261 e. The fraction of sp³-hybridized carbons (Fsp3) is 0.118. The van der Waals surface area contributed by atoms with Gasteiger partial charge < -0.3 is 0 Å². The first kappa shape index (κ1) is 19.3. The molecule has 0 unspecified atom stereocenters. The van der Waals surface area contributed by atoms with E-state index in [4.69, 9.17) is 0 Å². The average Bonchev–Trinajstić information content (AvgIpc) is 3.09. The fourth-order valence-corrected chi connectivity index (χ4v) is 4.44. The van der Waals surface area contributed by atoms with Gasteiger partial charge in [-0.3, -0.25) is 14.8 Å². The van der Waals surface area contributed by atoms with Gasteiger partial charge in [0.15, 0.2) is 4.34 Å². The Morgan fingerprint density at radius 1 is 1.07 bits per heavy atom. The van der Waals surface area contributed by atoms with Crippen molar-refractivity contribution in [2.75, 3.05) is 16.3 Å². The highest BCUT2D eigenvalue weighted by Crippen LogP contribution is 2.25. The van der Waals surface area contributed by atoms with Crippen molar-refractivity contribution in [3.05, 3.63) is 59.7 Å². The standard InChI is InChI=1S/C17H16N4O3S3/c1-11-7-9-12(10-8-11)27(23,24)21-14-6-4-3-5-13(14)15(22)18-16-19-20-17(25-2)26-16/h3-10,21H,1-2H3,(H,18,19,22). The quantitative estimate of drug-likeness (QED) is 0.467. The van der Waals surface area contributed by atoms with Gasteiger partial charge in [0.05, 0.1) is 16.1 Å². The van der Waals surface area contributed by atoms with Crippen LogP contribution in [-0.4, -0.2) is 30.8 Å². The molecule has 3 rings (SSSR count). The molecule has 0 aliphatic rings. The third-order valence-electron chi connectivity index (χ3n) is 3.55. The zero-order valence-electron chi connectivity index (χ0n) is 14.5. The predicted octanol–water partition coefficient (Wildman–Crippen LogP) is 3.62. The molecular formula is C17H16N4O3S3. The molecule has 0 atom stereocenters. The van der Waals surface area contributed by atoms with E-state index in [-0.39, 0.29) is 16.1 Å². The Labute approximate surface area is 165 Å². The maximum Gasteiger partial charge on any atom is 0.261 e. The lowest BCUT2D eigenvalue weighted by Crippen LogP contribution is -2.18. The summed E-state index contributed by atoms with van der Waals surface area (Å²) in [6.45, 7) is 1.87. The lowest BCUT2D eigenvalue weighted by molar-refractivity contribution is 0.102. The first-order valence-electron chi connectivity index (χ1n) is 7.76. The van der Waals surface area contributed by atoms with Crippen LogP contribution < -0.4 is 10.0 Å². The maximum absolute atomic E-state index is 12.6. The highest BCUT2D eigenvalue weighted by Gasteiger charge is 2.19. The lowest BCUT2D eigenvalue weighted by atomic mass is 10.2. The molecule has 1 aromatic heterocycles. The van der Waals surface area contributed by atoms with Crippen LogP contribution in [-0.2, 0) is 10.0 Å². The van der Waals surface area contributed by atoms with Gasteiger partial charge in [-0.2, -0.15) is 0 Å². The summed E-state index contributed by atoms with van der Waals surface area (Å²) < 4.78 is 28.4. The molecule has 10 heteroatoms. The second-order valence-electron chi connectivity index (χ2n) is 5.50. The van der Waals surface area contributed by atoms with Gasteiger partial charge in [0, 0.05) is 0 Å². The summed E-state index contributed by atoms with van der Waals surface area (Å²) in [5, 5.41) is 10.8. The number of thioether (sulfide) groups is 1. The normalized spacial score (nSPS) is 11.2. The van der Waals surface area contributed by atoms with Crippen molar-refractivity contribution in [1.82, 2.24) is 10.2 Å². The number of rotatable bonds is 6. The van der Waals surface area contributed by atoms with E-state index in [1.807, 2.05) is 13.2 Å². The first-order valence-corrected chi connectivity index (χ1v) is 11.3. The number of hydrogen-bond donors (Lipinski definition) is 2. The molecule has 0 aliphatic heterocycles. The Balaban J connectivity index is 1.85. The second kappa shape index (κ2) is 8.07. The zero-order valence-corrected chi connectivity index (χ0v) is 16.9. The number of anilines is 2. The summed E-state index contributed by atoms with van der Waals surface area (Å²) in [5.74, 6) is -0.471. The van der Waals surface area contributed by atoms with E-state index >= 15 is 0 Å². The number of sulfonamides is 1. The molecule has 140 valence electrons. The van der Waals surface area contributed by atoms with E-state index in [1.54, 1.807) is 30.3 Å². The van der Waals surface area contributed by atoms with E-state index in [1.165, 1.54) is 41.3 Å². The first-order chi connectivity index (χ1) is 12.9. The fourth-order valence-electron chi connectivity index (χ4n) is 2.20. The Morgan fingerprint density at radius 2 is 1.78 bits per heavy atom. The molecule has 27 heavy (non-hydrogen) atoms. The monoisotopic (exact) mass is 420 g/mol. The van der Waals surface area contributed by atoms with Crippen LogP contribution in [0.3, 0.4) is 0 Å². The Morgan fingerprint density at radius 3 is 2.44 bits per heavy atom. The molecule has 2 N–H and O–H groups in total. The average molecular weight is 421 g/mol. The van der Waals surface area contributed by atoms with E-state index < -0.39 is 15.9 Å². The lowest BCUT2D eigenvalue weighted by Gasteiger charge is -2.12. The molecule has 0 fully saturated rings. The van der Waals surface area contributed by atoms with E-state index in [0.717, 1.165) is 9.90 Å². The van der Waals surface area contributed by atoms with Gasteiger partial charge in [0.2, 0.25) is 5.13 Å². The number of aromatic nitrogens is 2. The topological polar surface area (TPSA) is 101 Å². The number of amides is 1. The minimum absolute atomic E-state index is 0.122. The van der Waals surface area contributed by atoms with Gasteiger partial charge in [-0.25, -0.2) is 8.42 Å². The van der Waals surface area contributed by atoms with Gasteiger partial charge in [-0.05, 0) is 37.4 Å². The van der Waals surface area contributed by atoms with Crippen molar-refractivity contribution < 1.29 is 13.2 Å². The van der Waals surface area contributed by atoms with Crippen molar-refractivity contribution in [3.63, 3.8) is 0 Å². The molecule has 0 aliphatic carbocycles. The molecule has 2 aromatic carbocycles. The van der Waals surface area contributed by atoms with Gasteiger partial charge in [-0.1, -0.05) is 52.9 Å². The molecule has 0 radical (unpaired) electrons. The largest absolute Gasteiger partial charge is 0.296 e. The van der Waals surface area contributed by atoms with Gasteiger partial charge >= 0.3 is 0 Å². The van der Waals surface area contributed by atoms with E-state index in [0.29, 0.717) is 5.13 Å². The van der Waals surface area contributed by atoms with Crippen molar-refractivity contribution in [2.24, 2.45) is 0 Å². The molecule has 1 heterocycles. The number of nitrogens with one attached hydrogen (secondary N) is 2. The Kier molecular flexibility index (Phi) is 5.78. The third kappa shape index (κ3) is 4.65. The number of benzene rings is 2. The molecule has 0 spiro atoms. The highest BCUT2D eigenvalue weighted by atomic mass is 32.2. The SMILES string of the molecule is CSc1nnc(NC(=O)c2ccccc2NS(=O)(=O)c2ccc(C)cc2)s1. The Hall–Kier alpha value is -2.43. The van der Waals surface area contributed by atoms with Gasteiger partial charge in [-0.15, -0.1) is 10.2 Å². The molecule has 3 aromatic rings. The van der Waals surface area contributed by atoms with E-state index in [9.17, 15) is 13.2 Å². The van der Waals surface area contributed by atoms with Crippen LogP contribution in [0.5, 0.6) is 0 Å². The molecule has 0 saturated carbocycles. The number of para-hydroxylation sites is 1. The highest BCUT2D eigenvalue weighted by molar-refractivity contribution is 8.00. The molecule has 0 saturated heterocycles. The van der Waals surface area contributed by atoms with Gasteiger partial charge in [0.25, 0.3) is 15.9 Å². The van der Waals surface area contributed by atoms with Gasteiger partial charge in [0.1, 0.15) is 0 Å². The predicted molar refractivity (Wildman–Crippen MR) is 108 cm³/mol. The summed E-state index contributed by atoms with van der Waals surface area (Å²) in [5.41, 5.74) is 1.33. The number of aryl methyl sites for hydroxylation is 1. The maximum atomic E-state index is 12.6. The number of hydrogen-bond acceptors (Lipinski definition) is 7. The molecule has 7 nitrogen and oxygen atoms in total. The minimum atomic E-state index is -3.82. The van der Waals surface area contributed by atoms with Crippen molar-refractivity contribution in [2.45, 2.75) is 16.2 Å². The summed E-state index contributed by atoms with van der Waals surface area (Å²) in [4.78, 5) is 12.7. The van der Waals surface area contributed by atoms with Crippen LogP contribution >= 0.6 is 23.1 Å². The van der Waals surface area contributed by atoms with Crippen molar-refractivity contribution in [1.29, 1.82) is 0 Å². The zero-order chi connectivity index (χ0) is 19.4. The van der Waals surface area contributed by atoms with Crippen LogP contribution in [0.2, 0.25) is 0 Å². The third-order valence-corrected chi connectivity index (χ3v) is 6.74. The summed E-state index contributed by atoms with van der Waals surface area (Å²) >= 11 is 2.67. The van der Waals surface area contributed by atoms with Crippen molar-refractivity contribution >= 4 is 49.8 Å². The van der Waals surface area contributed by atoms with Crippen LogP contribution in [0.25, 0.3) is 0 Å². The van der Waals surface area contributed by atoms with Crippen LogP contribution in [0, 0.1) is 6.92 Å². The summed E-state index contributed by atoms with van der Waals surface area (Å²) in [6, 6.07) is 12.9. The molecule has 1 amide bonds. The van der Waals surface area contributed by atoms with Crippen LogP contribution in [0.15, 0.2) is 57.8 Å². The van der Waals surface area contributed by atoms with Crippen LogP contribution in [0.1, 0.15) is 15.9 Å². The Bertz CT molecular complexity index is 1060. The number of carbonyl (C=O) groups is 1. The molecular weight excluding hydrogens is 404 g/mol. The minimum Gasteiger partial charge on any atom is -0.296 e. The number of nitrogens with zero attached hydrogens (tertiary/aromatic N) is 2.